The first kappa shape index (κ1) is 19.2. The topological polar surface area (TPSA) is 60.7 Å². The number of rotatable bonds is 6. The van der Waals surface area contributed by atoms with Crippen molar-refractivity contribution in [3.63, 3.8) is 0 Å². The summed E-state index contributed by atoms with van der Waals surface area (Å²) in [6, 6.07) is 5.16. The molecule has 136 valence electrons. The van der Waals surface area contributed by atoms with E-state index in [1.54, 1.807) is 13.0 Å². The molecular formula is C18H25F3O3. The van der Waals surface area contributed by atoms with Gasteiger partial charge < -0.3 is 15.3 Å². The predicted octanol–water partition coefficient (Wildman–Crippen LogP) is 3.16. The van der Waals surface area contributed by atoms with Crippen molar-refractivity contribution in [3.8, 4) is 0 Å². The molecule has 1 fully saturated rings. The molecule has 3 N–H and O–H groups in total. The van der Waals surface area contributed by atoms with E-state index in [0.29, 0.717) is 37.7 Å². The molecule has 2 rings (SSSR count). The first-order valence-corrected chi connectivity index (χ1v) is 8.39. The Labute approximate surface area is 140 Å². The van der Waals surface area contributed by atoms with E-state index in [9.17, 15) is 28.5 Å². The standard InChI is InChI=1S/C18H25F3O3/c1-11-16(23)10-13(17(11)24)6-8-15(22)7-5-12-3-2-4-14(9-12)18(19,20)21/h2-4,9,11,13,15-17,22-24H,5-8,10H2,1H3/t11-,13?,15-,16+,17+/m0/s1. The van der Waals surface area contributed by atoms with Gasteiger partial charge in [0, 0.05) is 5.92 Å². The van der Waals surface area contributed by atoms with Crippen molar-refractivity contribution in [1.29, 1.82) is 0 Å². The van der Waals surface area contributed by atoms with E-state index >= 15 is 0 Å². The molecule has 1 saturated carbocycles. The van der Waals surface area contributed by atoms with Crippen molar-refractivity contribution in [2.75, 3.05) is 0 Å². The van der Waals surface area contributed by atoms with Crippen molar-refractivity contribution >= 4 is 0 Å². The van der Waals surface area contributed by atoms with Crippen LogP contribution in [0.3, 0.4) is 0 Å². The van der Waals surface area contributed by atoms with Crippen LogP contribution >= 0.6 is 0 Å². The summed E-state index contributed by atoms with van der Waals surface area (Å²) < 4.78 is 38.0. The van der Waals surface area contributed by atoms with Gasteiger partial charge in [0.15, 0.2) is 0 Å². The van der Waals surface area contributed by atoms with Gasteiger partial charge in [0.05, 0.1) is 23.9 Å². The van der Waals surface area contributed by atoms with Gasteiger partial charge in [0.25, 0.3) is 0 Å². The summed E-state index contributed by atoms with van der Waals surface area (Å²) in [4.78, 5) is 0. The van der Waals surface area contributed by atoms with Crippen LogP contribution in [0.2, 0.25) is 0 Å². The molecule has 0 saturated heterocycles. The van der Waals surface area contributed by atoms with E-state index in [4.69, 9.17) is 0 Å². The molecule has 0 bridgehead atoms. The average molecular weight is 346 g/mol. The highest BCUT2D eigenvalue weighted by atomic mass is 19.4. The molecule has 0 radical (unpaired) electrons. The van der Waals surface area contributed by atoms with Crippen LogP contribution in [0.1, 0.15) is 43.7 Å². The fraction of sp³-hybridized carbons (Fsp3) is 0.667. The van der Waals surface area contributed by atoms with Gasteiger partial charge in [-0.05, 0) is 49.7 Å². The second kappa shape index (κ2) is 7.85. The minimum absolute atomic E-state index is 0.0294. The zero-order valence-electron chi connectivity index (χ0n) is 13.7. The monoisotopic (exact) mass is 346 g/mol. The average Bonchev–Trinajstić information content (AvgIpc) is 2.77. The number of benzene rings is 1. The number of hydrogen-bond acceptors (Lipinski definition) is 3. The van der Waals surface area contributed by atoms with Crippen molar-refractivity contribution in [2.24, 2.45) is 11.8 Å². The highest BCUT2D eigenvalue weighted by Crippen LogP contribution is 2.35. The van der Waals surface area contributed by atoms with Crippen LogP contribution in [-0.4, -0.2) is 33.6 Å². The minimum Gasteiger partial charge on any atom is -0.393 e. The van der Waals surface area contributed by atoms with Crippen LogP contribution in [0.4, 0.5) is 13.2 Å². The van der Waals surface area contributed by atoms with Gasteiger partial charge in [-0.3, -0.25) is 0 Å². The summed E-state index contributed by atoms with van der Waals surface area (Å²) in [7, 11) is 0. The van der Waals surface area contributed by atoms with Gasteiger partial charge in [-0.2, -0.15) is 13.2 Å². The molecule has 24 heavy (non-hydrogen) atoms. The van der Waals surface area contributed by atoms with Gasteiger partial charge in [-0.25, -0.2) is 0 Å². The zero-order chi connectivity index (χ0) is 17.9. The predicted molar refractivity (Wildman–Crippen MR) is 84.3 cm³/mol. The Hall–Kier alpha value is -1.11. The van der Waals surface area contributed by atoms with E-state index in [-0.39, 0.29) is 11.8 Å². The van der Waals surface area contributed by atoms with E-state index < -0.39 is 30.1 Å². The third-order valence-corrected chi connectivity index (χ3v) is 5.06. The maximum Gasteiger partial charge on any atom is 0.416 e. The lowest BCUT2D eigenvalue weighted by molar-refractivity contribution is -0.137. The quantitative estimate of drug-likeness (QED) is 0.741. The van der Waals surface area contributed by atoms with Gasteiger partial charge in [0.2, 0.25) is 0 Å². The lowest BCUT2D eigenvalue weighted by Gasteiger charge is -2.18. The molecule has 3 nitrogen and oxygen atoms in total. The van der Waals surface area contributed by atoms with Crippen LogP contribution in [-0.2, 0) is 12.6 Å². The fourth-order valence-electron chi connectivity index (χ4n) is 3.40. The molecule has 1 aliphatic carbocycles. The van der Waals surface area contributed by atoms with Crippen LogP contribution < -0.4 is 0 Å². The maximum absolute atomic E-state index is 12.7. The largest absolute Gasteiger partial charge is 0.416 e. The zero-order valence-corrected chi connectivity index (χ0v) is 13.7. The fourth-order valence-corrected chi connectivity index (χ4v) is 3.40. The molecular weight excluding hydrogens is 321 g/mol. The molecule has 1 aliphatic rings. The van der Waals surface area contributed by atoms with Crippen molar-refractivity contribution < 1.29 is 28.5 Å². The van der Waals surface area contributed by atoms with Crippen molar-refractivity contribution in [1.82, 2.24) is 0 Å². The minimum atomic E-state index is -4.36. The van der Waals surface area contributed by atoms with Crippen molar-refractivity contribution in [3.05, 3.63) is 35.4 Å². The van der Waals surface area contributed by atoms with E-state index in [1.807, 2.05) is 0 Å². The first-order chi connectivity index (χ1) is 11.2. The highest BCUT2D eigenvalue weighted by Gasteiger charge is 2.38. The summed E-state index contributed by atoms with van der Waals surface area (Å²) in [5, 5.41) is 29.8. The molecule has 0 heterocycles. The number of aryl methyl sites for hydroxylation is 1. The molecule has 1 aromatic rings. The Kier molecular flexibility index (Phi) is 6.28. The number of aliphatic hydroxyl groups is 3. The molecule has 1 aromatic carbocycles. The van der Waals surface area contributed by atoms with Crippen LogP contribution in [0.25, 0.3) is 0 Å². The smallest absolute Gasteiger partial charge is 0.393 e. The Balaban J connectivity index is 1.79. The molecule has 6 heteroatoms. The summed E-state index contributed by atoms with van der Waals surface area (Å²) in [6.07, 6.45) is -3.69. The molecule has 1 unspecified atom stereocenters. The third kappa shape index (κ3) is 4.94. The van der Waals surface area contributed by atoms with E-state index in [2.05, 4.69) is 0 Å². The number of halogens is 3. The second-order valence-corrected chi connectivity index (χ2v) is 6.88. The third-order valence-electron chi connectivity index (χ3n) is 5.06. The first-order valence-electron chi connectivity index (χ1n) is 8.39. The molecule has 0 amide bonds. The Bertz CT molecular complexity index is 532. The van der Waals surface area contributed by atoms with E-state index in [1.165, 1.54) is 6.07 Å². The molecule has 0 aliphatic heterocycles. The SMILES string of the molecule is C[C@H]1[C@H](O)CC(CC[C@@H](O)CCc2cccc(C(F)(F)F)c2)[C@@H]1O. The summed E-state index contributed by atoms with van der Waals surface area (Å²) in [5.74, 6) is -0.185. The van der Waals surface area contributed by atoms with Crippen LogP contribution in [0.5, 0.6) is 0 Å². The van der Waals surface area contributed by atoms with Crippen molar-refractivity contribution in [2.45, 2.75) is 63.5 Å². The molecule has 5 atom stereocenters. The van der Waals surface area contributed by atoms with Gasteiger partial charge in [0.1, 0.15) is 0 Å². The van der Waals surface area contributed by atoms with Gasteiger partial charge in [-0.1, -0.05) is 25.1 Å². The lowest BCUT2D eigenvalue weighted by atomic mass is 9.94. The lowest BCUT2D eigenvalue weighted by Crippen LogP contribution is -2.23. The Morgan fingerprint density at radius 1 is 1.21 bits per heavy atom. The van der Waals surface area contributed by atoms with Crippen LogP contribution in [0.15, 0.2) is 24.3 Å². The highest BCUT2D eigenvalue weighted by molar-refractivity contribution is 5.25. The maximum atomic E-state index is 12.7. The van der Waals surface area contributed by atoms with Crippen LogP contribution in [0, 0.1) is 11.8 Å². The number of aliphatic hydroxyl groups excluding tert-OH is 3. The van der Waals surface area contributed by atoms with Gasteiger partial charge >= 0.3 is 6.18 Å². The summed E-state index contributed by atoms with van der Waals surface area (Å²) >= 11 is 0. The normalized spacial score (nSPS) is 29.0. The summed E-state index contributed by atoms with van der Waals surface area (Å²) in [5.41, 5.74) is -0.125. The Morgan fingerprint density at radius 2 is 1.92 bits per heavy atom. The number of alkyl halides is 3. The molecule has 0 spiro atoms. The van der Waals surface area contributed by atoms with E-state index in [0.717, 1.165) is 12.1 Å². The summed E-state index contributed by atoms with van der Waals surface area (Å²) in [6.45, 7) is 1.80. The second-order valence-electron chi connectivity index (χ2n) is 6.88. The Morgan fingerprint density at radius 3 is 2.50 bits per heavy atom. The molecule has 0 aromatic heterocycles. The van der Waals surface area contributed by atoms with Gasteiger partial charge in [-0.15, -0.1) is 0 Å². The number of hydrogen-bond donors (Lipinski definition) is 3.